The van der Waals surface area contributed by atoms with Crippen molar-refractivity contribution in [3.05, 3.63) is 54.1 Å². The van der Waals surface area contributed by atoms with Crippen LogP contribution in [0.15, 0.2) is 42.5 Å². The van der Waals surface area contributed by atoms with Gasteiger partial charge in [0.05, 0.1) is 5.69 Å². The van der Waals surface area contributed by atoms with Crippen LogP contribution in [0.25, 0.3) is 0 Å². The standard InChI is InChI=1S/C15H14F2N2O2/c1-18-11-3-5-12(6-4-11)21-9-15(20)19-14-8-10(16)2-7-13(14)17/h2-8,18H,9H2,1H3,(H,19,20). The second-order valence-corrected chi connectivity index (χ2v) is 4.24. The van der Waals surface area contributed by atoms with Gasteiger partial charge in [-0.05, 0) is 36.4 Å². The molecule has 110 valence electrons. The van der Waals surface area contributed by atoms with Crippen LogP contribution in [0.1, 0.15) is 0 Å². The number of carbonyl (C=O) groups is 1. The van der Waals surface area contributed by atoms with E-state index < -0.39 is 17.5 Å². The minimum Gasteiger partial charge on any atom is -0.484 e. The van der Waals surface area contributed by atoms with Crippen LogP contribution in [0.3, 0.4) is 0 Å². The van der Waals surface area contributed by atoms with Crippen molar-refractivity contribution in [1.82, 2.24) is 0 Å². The number of halogens is 2. The van der Waals surface area contributed by atoms with Gasteiger partial charge in [-0.15, -0.1) is 0 Å². The van der Waals surface area contributed by atoms with Crippen LogP contribution < -0.4 is 15.4 Å². The lowest BCUT2D eigenvalue weighted by atomic mass is 10.3. The summed E-state index contributed by atoms with van der Waals surface area (Å²) >= 11 is 0. The number of amides is 1. The molecule has 2 aromatic rings. The maximum atomic E-state index is 13.3. The molecular weight excluding hydrogens is 278 g/mol. The van der Waals surface area contributed by atoms with Crippen LogP contribution in [0.5, 0.6) is 5.75 Å². The van der Waals surface area contributed by atoms with Crippen molar-refractivity contribution in [3.63, 3.8) is 0 Å². The van der Waals surface area contributed by atoms with E-state index in [4.69, 9.17) is 4.74 Å². The summed E-state index contributed by atoms with van der Waals surface area (Å²) in [6.07, 6.45) is 0. The summed E-state index contributed by atoms with van der Waals surface area (Å²) in [6, 6.07) is 9.81. The van der Waals surface area contributed by atoms with E-state index >= 15 is 0 Å². The molecule has 0 bridgehead atoms. The Balaban J connectivity index is 1.91. The molecule has 21 heavy (non-hydrogen) atoms. The molecule has 0 unspecified atom stereocenters. The molecule has 6 heteroatoms. The first-order valence-corrected chi connectivity index (χ1v) is 6.24. The first-order chi connectivity index (χ1) is 10.1. The first-order valence-electron chi connectivity index (χ1n) is 6.24. The summed E-state index contributed by atoms with van der Waals surface area (Å²) in [5, 5.41) is 5.20. The van der Waals surface area contributed by atoms with Crippen LogP contribution in [0.4, 0.5) is 20.2 Å². The molecule has 1 amide bonds. The second-order valence-electron chi connectivity index (χ2n) is 4.24. The Morgan fingerprint density at radius 1 is 1.14 bits per heavy atom. The van der Waals surface area contributed by atoms with Crippen molar-refractivity contribution in [3.8, 4) is 5.75 Å². The molecular formula is C15H14F2N2O2. The SMILES string of the molecule is CNc1ccc(OCC(=O)Nc2cc(F)ccc2F)cc1. The van der Waals surface area contributed by atoms with E-state index in [1.54, 1.807) is 31.3 Å². The number of carbonyl (C=O) groups excluding carboxylic acids is 1. The Hall–Kier alpha value is -2.63. The first kappa shape index (κ1) is 14.8. The topological polar surface area (TPSA) is 50.4 Å². The second kappa shape index (κ2) is 6.69. The Bertz CT molecular complexity index is 630. The summed E-state index contributed by atoms with van der Waals surface area (Å²) in [7, 11) is 1.79. The smallest absolute Gasteiger partial charge is 0.262 e. The molecule has 2 N–H and O–H groups in total. The minimum atomic E-state index is -0.705. The van der Waals surface area contributed by atoms with Crippen LogP contribution in [-0.4, -0.2) is 19.6 Å². The van der Waals surface area contributed by atoms with Crippen LogP contribution in [-0.2, 0) is 4.79 Å². The lowest BCUT2D eigenvalue weighted by Gasteiger charge is -2.09. The van der Waals surface area contributed by atoms with Gasteiger partial charge in [-0.2, -0.15) is 0 Å². The molecule has 0 aliphatic rings. The van der Waals surface area contributed by atoms with E-state index in [2.05, 4.69) is 10.6 Å². The molecule has 0 aromatic heterocycles. The highest BCUT2D eigenvalue weighted by Crippen LogP contribution is 2.16. The quantitative estimate of drug-likeness (QED) is 0.890. The average molecular weight is 292 g/mol. The zero-order valence-corrected chi connectivity index (χ0v) is 11.3. The number of benzene rings is 2. The molecule has 0 heterocycles. The van der Waals surface area contributed by atoms with Gasteiger partial charge in [-0.3, -0.25) is 4.79 Å². The molecule has 0 atom stereocenters. The third-order valence-corrected chi connectivity index (χ3v) is 2.72. The molecule has 0 saturated carbocycles. The lowest BCUT2D eigenvalue weighted by molar-refractivity contribution is -0.118. The fourth-order valence-corrected chi connectivity index (χ4v) is 1.65. The Morgan fingerprint density at radius 2 is 1.86 bits per heavy atom. The van der Waals surface area contributed by atoms with E-state index in [1.807, 2.05) is 0 Å². The maximum Gasteiger partial charge on any atom is 0.262 e. The lowest BCUT2D eigenvalue weighted by Crippen LogP contribution is -2.20. The molecule has 4 nitrogen and oxygen atoms in total. The zero-order valence-electron chi connectivity index (χ0n) is 11.3. The summed E-state index contributed by atoms with van der Waals surface area (Å²) in [4.78, 5) is 11.6. The number of hydrogen-bond acceptors (Lipinski definition) is 3. The van der Waals surface area contributed by atoms with Gasteiger partial charge in [0, 0.05) is 18.8 Å². The highest BCUT2D eigenvalue weighted by atomic mass is 19.1. The third kappa shape index (κ3) is 4.17. The van der Waals surface area contributed by atoms with Gasteiger partial charge in [0.15, 0.2) is 6.61 Å². The van der Waals surface area contributed by atoms with E-state index in [0.717, 1.165) is 23.9 Å². The van der Waals surface area contributed by atoms with Gasteiger partial charge in [-0.25, -0.2) is 8.78 Å². The highest BCUT2D eigenvalue weighted by molar-refractivity contribution is 5.92. The summed E-state index contributed by atoms with van der Waals surface area (Å²) < 4.78 is 31.6. The fraction of sp³-hybridized carbons (Fsp3) is 0.133. The molecule has 0 saturated heterocycles. The van der Waals surface area contributed by atoms with Crippen molar-refractivity contribution < 1.29 is 18.3 Å². The van der Waals surface area contributed by atoms with Crippen LogP contribution in [0, 0.1) is 11.6 Å². The maximum absolute atomic E-state index is 13.3. The van der Waals surface area contributed by atoms with Crippen molar-refractivity contribution in [1.29, 1.82) is 0 Å². The van der Waals surface area contributed by atoms with E-state index in [0.29, 0.717) is 5.75 Å². The molecule has 0 aliphatic heterocycles. The van der Waals surface area contributed by atoms with E-state index in [-0.39, 0.29) is 12.3 Å². The average Bonchev–Trinajstić information content (AvgIpc) is 2.49. The van der Waals surface area contributed by atoms with Crippen molar-refractivity contribution in [2.45, 2.75) is 0 Å². The zero-order chi connectivity index (χ0) is 15.2. The number of hydrogen-bond donors (Lipinski definition) is 2. The molecule has 2 rings (SSSR count). The molecule has 0 spiro atoms. The predicted octanol–water partition coefficient (Wildman–Crippen LogP) is 3.02. The molecule has 0 fully saturated rings. The summed E-state index contributed by atoms with van der Waals surface area (Å²) in [5.41, 5.74) is 0.697. The van der Waals surface area contributed by atoms with Gasteiger partial charge < -0.3 is 15.4 Å². The van der Waals surface area contributed by atoms with Crippen LogP contribution >= 0.6 is 0 Å². The van der Waals surface area contributed by atoms with Crippen molar-refractivity contribution in [2.75, 3.05) is 24.3 Å². The van der Waals surface area contributed by atoms with Gasteiger partial charge in [-0.1, -0.05) is 0 Å². The Labute approximate surface area is 120 Å². The van der Waals surface area contributed by atoms with Gasteiger partial charge >= 0.3 is 0 Å². The summed E-state index contributed by atoms with van der Waals surface area (Å²) in [5.74, 6) is -1.40. The van der Waals surface area contributed by atoms with Gasteiger partial charge in [0.2, 0.25) is 0 Å². The number of ether oxygens (including phenoxy) is 1. The van der Waals surface area contributed by atoms with E-state index in [1.165, 1.54) is 0 Å². The van der Waals surface area contributed by atoms with Crippen molar-refractivity contribution in [2.24, 2.45) is 0 Å². The third-order valence-electron chi connectivity index (χ3n) is 2.72. The highest BCUT2D eigenvalue weighted by Gasteiger charge is 2.09. The fourth-order valence-electron chi connectivity index (χ4n) is 1.65. The molecule has 0 radical (unpaired) electrons. The van der Waals surface area contributed by atoms with Crippen LogP contribution in [0.2, 0.25) is 0 Å². The molecule has 0 aliphatic carbocycles. The molecule has 2 aromatic carbocycles. The number of nitrogens with one attached hydrogen (secondary N) is 2. The Morgan fingerprint density at radius 3 is 2.52 bits per heavy atom. The predicted molar refractivity (Wildman–Crippen MR) is 76.5 cm³/mol. The summed E-state index contributed by atoms with van der Waals surface area (Å²) in [6.45, 7) is -0.297. The van der Waals surface area contributed by atoms with E-state index in [9.17, 15) is 13.6 Å². The van der Waals surface area contributed by atoms with Gasteiger partial charge in [0.1, 0.15) is 17.4 Å². The monoisotopic (exact) mass is 292 g/mol. The minimum absolute atomic E-state index is 0.214. The van der Waals surface area contributed by atoms with Gasteiger partial charge in [0.25, 0.3) is 5.91 Å². The number of rotatable bonds is 5. The van der Waals surface area contributed by atoms with Crippen molar-refractivity contribution >= 4 is 17.3 Å². The largest absolute Gasteiger partial charge is 0.484 e. The Kier molecular flexibility index (Phi) is 4.71. The normalized spacial score (nSPS) is 10.0. The number of anilines is 2.